The van der Waals surface area contributed by atoms with Gasteiger partial charge in [0.1, 0.15) is 18.3 Å². The lowest BCUT2D eigenvalue weighted by molar-refractivity contribution is -0.140. The quantitative estimate of drug-likeness (QED) is 0.183. The van der Waals surface area contributed by atoms with Gasteiger partial charge in [0.25, 0.3) is 10.0 Å². The van der Waals surface area contributed by atoms with Gasteiger partial charge in [-0.15, -0.1) is 0 Å². The van der Waals surface area contributed by atoms with Gasteiger partial charge in [-0.25, -0.2) is 8.42 Å². The zero-order chi connectivity index (χ0) is 31.7. The molecule has 0 aliphatic heterocycles. The van der Waals surface area contributed by atoms with Crippen molar-refractivity contribution in [3.05, 3.63) is 124 Å². The fraction of sp³-hybridized carbons (Fsp3) is 0.212. The number of ether oxygens (including phenoxy) is 1. The first-order chi connectivity index (χ1) is 21.1. The Kier molecular flexibility index (Phi) is 11.4. The van der Waals surface area contributed by atoms with Crippen LogP contribution in [0.1, 0.15) is 18.1 Å². The summed E-state index contributed by atoms with van der Waals surface area (Å²) in [5.74, 6) is -0.548. The monoisotopic (exact) mass is 697 g/mol. The Labute approximate surface area is 271 Å². The number of hydrogen-bond acceptors (Lipinski definition) is 5. The molecule has 1 unspecified atom stereocenters. The van der Waals surface area contributed by atoms with Gasteiger partial charge in [0.2, 0.25) is 11.8 Å². The summed E-state index contributed by atoms with van der Waals surface area (Å²) < 4.78 is 35.2. The minimum Gasteiger partial charge on any atom is -0.495 e. The molecule has 0 fully saturated rings. The molecule has 0 radical (unpaired) electrons. The van der Waals surface area contributed by atoms with Crippen molar-refractivity contribution in [1.82, 2.24) is 10.2 Å². The zero-order valence-electron chi connectivity index (χ0n) is 24.3. The van der Waals surface area contributed by atoms with E-state index >= 15 is 0 Å². The number of amides is 2. The van der Waals surface area contributed by atoms with E-state index in [0.29, 0.717) is 12.3 Å². The van der Waals surface area contributed by atoms with Gasteiger partial charge >= 0.3 is 0 Å². The number of nitrogens with zero attached hydrogens (tertiary/aromatic N) is 2. The molecular formula is C33H33BrClN3O5S. The molecule has 8 nitrogen and oxygen atoms in total. The summed E-state index contributed by atoms with van der Waals surface area (Å²) in [5, 5.41) is 3.04. The van der Waals surface area contributed by atoms with Crippen molar-refractivity contribution in [3.63, 3.8) is 0 Å². The predicted molar refractivity (Wildman–Crippen MR) is 176 cm³/mol. The molecule has 230 valence electrons. The number of anilines is 1. The molecule has 4 aromatic carbocycles. The number of rotatable bonds is 13. The lowest BCUT2D eigenvalue weighted by atomic mass is 10.0. The Bertz CT molecular complexity index is 1670. The largest absolute Gasteiger partial charge is 0.495 e. The van der Waals surface area contributed by atoms with Gasteiger partial charge in [-0.3, -0.25) is 13.9 Å². The molecule has 0 spiro atoms. The number of carbonyl (C=O) groups excluding carboxylic acids is 2. The number of sulfonamides is 1. The fourth-order valence-electron chi connectivity index (χ4n) is 4.69. The number of methoxy groups -OCH3 is 1. The highest BCUT2D eigenvalue weighted by molar-refractivity contribution is 9.10. The van der Waals surface area contributed by atoms with Gasteiger partial charge in [0.05, 0.1) is 22.7 Å². The van der Waals surface area contributed by atoms with Gasteiger partial charge in [0, 0.05) is 24.0 Å². The van der Waals surface area contributed by atoms with Crippen LogP contribution in [0.5, 0.6) is 5.75 Å². The van der Waals surface area contributed by atoms with Crippen LogP contribution in [0, 0.1) is 0 Å². The highest BCUT2D eigenvalue weighted by atomic mass is 79.9. The van der Waals surface area contributed by atoms with Crippen LogP contribution in [0.25, 0.3) is 0 Å². The molecule has 1 atom stereocenters. The molecule has 1 N–H and O–H groups in total. The SMILES string of the molecule is CCNC(=O)C(Cc1ccccc1)N(Cc1ccc(Br)cc1)C(=O)CN(c1ccc(OC)c(Cl)c1)S(=O)(=O)c1ccccc1. The van der Waals surface area contributed by atoms with Gasteiger partial charge in [-0.2, -0.15) is 0 Å². The molecular weight excluding hydrogens is 666 g/mol. The van der Waals surface area contributed by atoms with Crippen molar-refractivity contribution in [1.29, 1.82) is 0 Å². The molecule has 0 saturated heterocycles. The molecule has 0 aliphatic rings. The Balaban J connectivity index is 1.80. The van der Waals surface area contributed by atoms with Crippen LogP contribution < -0.4 is 14.4 Å². The Morgan fingerprint density at radius 3 is 2.14 bits per heavy atom. The minimum atomic E-state index is -4.23. The lowest BCUT2D eigenvalue weighted by Crippen LogP contribution is -2.53. The van der Waals surface area contributed by atoms with E-state index in [1.165, 1.54) is 36.3 Å². The van der Waals surface area contributed by atoms with E-state index in [0.717, 1.165) is 19.9 Å². The van der Waals surface area contributed by atoms with Crippen molar-refractivity contribution < 1.29 is 22.7 Å². The first-order valence-corrected chi connectivity index (χ1v) is 16.5. The van der Waals surface area contributed by atoms with Crippen molar-refractivity contribution in [2.75, 3.05) is 24.5 Å². The standard InChI is InChI=1S/C33H33BrClN3O5S/c1-3-36-33(40)30(20-24-10-6-4-7-11-24)37(22-25-14-16-26(34)17-15-25)32(39)23-38(27-18-19-31(43-2)29(35)21-27)44(41,42)28-12-8-5-9-13-28/h4-19,21,30H,3,20,22-23H2,1-2H3,(H,36,40). The Morgan fingerprint density at radius 2 is 1.55 bits per heavy atom. The molecule has 0 saturated carbocycles. The van der Waals surface area contributed by atoms with Crippen LogP contribution in [-0.4, -0.2) is 51.4 Å². The average Bonchev–Trinajstić information content (AvgIpc) is 3.03. The average molecular weight is 699 g/mol. The highest BCUT2D eigenvalue weighted by Gasteiger charge is 2.34. The summed E-state index contributed by atoms with van der Waals surface area (Å²) in [6, 6.07) is 28.2. The summed E-state index contributed by atoms with van der Waals surface area (Å²) >= 11 is 9.85. The smallest absolute Gasteiger partial charge is 0.264 e. The molecule has 0 bridgehead atoms. The van der Waals surface area contributed by atoms with Crippen LogP contribution in [-0.2, 0) is 32.6 Å². The molecule has 11 heteroatoms. The maximum absolute atomic E-state index is 14.4. The van der Waals surface area contributed by atoms with Crippen molar-refractivity contribution in [2.24, 2.45) is 0 Å². The number of nitrogens with one attached hydrogen (secondary N) is 1. The predicted octanol–water partition coefficient (Wildman–Crippen LogP) is 6.08. The Hall–Kier alpha value is -3.86. The number of benzene rings is 4. The molecule has 4 rings (SSSR count). The minimum absolute atomic E-state index is 0.00348. The molecule has 0 heterocycles. The highest BCUT2D eigenvalue weighted by Crippen LogP contribution is 2.32. The lowest BCUT2D eigenvalue weighted by Gasteiger charge is -2.34. The van der Waals surface area contributed by atoms with Crippen LogP contribution in [0.2, 0.25) is 5.02 Å². The summed E-state index contributed by atoms with van der Waals surface area (Å²) in [5.41, 5.74) is 1.80. The fourth-order valence-corrected chi connectivity index (χ4v) is 6.63. The third-order valence-corrected chi connectivity index (χ3v) is 9.53. The van der Waals surface area contributed by atoms with E-state index in [1.54, 1.807) is 31.2 Å². The maximum Gasteiger partial charge on any atom is 0.264 e. The van der Waals surface area contributed by atoms with E-state index in [2.05, 4.69) is 21.2 Å². The molecule has 2 amide bonds. The molecule has 0 aromatic heterocycles. The van der Waals surface area contributed by atoms with E-state index in [9.17, 15) is 18.0 Å². The van der Waals surface area contributed by atoms with Gasteiger partial charge in [-0.05, 0) is 60.5 Å². The normalized spacial score (nSPS) is 11.8. The first kappa shape index (κ1) is 33.0. The number of carbonyl (C=O) groups is 2. The van der Waals surface area contributed by atoms with E-state index in [1.807, 2.05) is 54.6 Å². The van der Waals surface area contributed by atoms with Crippen molar-refractivity contribution >= 4 is 55.1 Å². The number of hydrogen-bond donors (Lipinski definition) is 1. The Morgan fingerprint density at radius 1 is 0.909 bits per heavy atom. The van der Waals surface area contributed by atoms with Crippen LogP contribution in [0.15, 0.2) is 112 Å². The summed E-state index contributed by atoms with van der Waals surface area (Å²) in [4.78, 5) is 29.4. The maximum atomic E-state index is 14.4. The zero-order valence-corrected chi connectivity index (χ0v) is 27.5. The molecule has 44 heavy (non-hydrogen) atoms. The number of halogens is 2. The van der Waals surface area contributed by atoms with Crippen LogP contribution >= 0.6 is 27.5 Å². The second-order valence-electron chi connectivity index (χ2n) is 9.89. The van der Waals surface area contributed by atoms with Crippen LogP contribution in [0.3, 0.4) is 0 Å². The van der Waals surface area contributed by atoms with Gasteiger partial charge in [-0.1, -0.05) is 88.2 Å². The summed E-state index contributed by atoms with van der Waals surface area (Å²) in [6.45, 7) is 1.66. The third-order valence-electron chi connectivity index (χ3n) is 6.92. The third kappa shape index (κ3) is 8.19. The van der Waals surface area contributed by atoms with Crippen molar-refractivity contribution in [3.8, 4) is 5.75 Å². The van der Waals surface area contributed by atoms with Crippen molar-refractivity contribution in [2.45, 2.75) is 30.8 Å². The van der Waals surface area contributed by atoms with Gasteiger partial charge in [0.15, 0.2) is 0 Å². The van der Waals surface area contributed by atoms with Crippen LogP contribution in [0.4, 0.5) is 5.69 Å². The molecule has 0 aliphatic carbocycles. The summed E-state index contributed by atoms with van der Waals surface area (Å²) in [6.07, 6.45) is 0.231. The van der Waals surface area contributed by atoms with E-state index in [4.69, 9.17) is 16.3 Å². The second kappa shape index (κ2) is 15.2. The molecule has 4 aromatic rings. The van der Waals surface area contributed by atoms with E-state index in [-0.39, 0.29) is 34.5 Å². The van der Waals surface area contributed by atoms with E-state index < -0.39 is 28.5 Å². The first-order valence-electron chi connectivity index (χ1n) is 13.9. The second-order valence-corrected chi connectivity index (χ2v) is 13.1. The van der Waals surface area contributed by atoms with Gasteiger partial charge < -0.3 is 15.0 Å². The summed E-state index contributed by atoms with van der Waals surface area (Å²) in [7, 11) is -2.78. The number of likely N-dealkylation sites (N-methyl/N-ethyl adjacent to an activating group) is 1. The topological polar surface area (TPSA) is 96.0 Å².